The van der Waals surface area contributed by atoms with Crippen LogP contribution in [-0.4, -0.2) is 11.5 Å². The van der Waals surface area contributed by atoms with Crippen molar-refractivity contribution in [3.63, 3.8) is 0 Å². The first-order chi connectivity index (χ1) is 8.43. The first-order valence-corrected chi connectivity index (χ1v) is 7.34. The Hall–Kier alpha value is -1.09. The van der Waals surface area contributed by atoms with Gasteiger partial charge in [-0.25, -0.2) is 4.98 Å². The SMILES string of the molecule is CC1(C)C(CNc2nc3ccccc3s2)C1(C)C. The van der Waals surface area contributed by atoms with Crippen molar-refractivity contribution in [2.45, 2.75) is 27.7 Å². The van der Waals surface area contributed by atoms with Gasteiger partial charge in [-0.05, 0) is 28.9 Å². The molecule has 3 heteroatoms. The molecule has 0 atom stereocenters. The smallest absolute Gasteiger partial charge is 0.183 e. The van der Waals surface area contributed by atoms with Crippen LogP contribution >= 0.6 is 11.3 Å². The molecule has 1 aliphatic carbocycles. The minimum Gasteiger partial charge on any atom is -0.361 e. The van der Waals surface area contributed by atoms with E-state index in [0.29, 0.717) is 10.8 Å². The number of anilines is 1. The molecule has 1 saturated carbocycles. The van der Waals surface area contributed by atoms with E-state index < -0.39 is 0 Å². The third-order valence-corrected chi connectivity index (χ3v) is 6.07. The summed E-state index contributed by atoms with van der Waals surface area (Å²) in [7, 11) is 0. The van der Waals surface area contributed by atoms with Gasteiger partial charge < -0.3 is 5.32 Å². The maximum atomic E-state index is 4.62. The number of rotatable bonds is 3. The molecule has 1 N–H and O–H groups in total. The molecule has 0 bridgehead atoms. The predicted octanol–water partition coefficient (Wildman–Crippen LogP) is 4.39. The highest BCUT2D eigenvalue weighted by Crippen LogP contribution is 2.68. The Morgan fingerprint density at radius 2 is 1.83 bits per heavy atom. The number of nitrogens with one attached hydrogen (secondary N) is 1. The van der Waals surface area contributed by atoms with Gasteiger partial charge in [0, 0.05) is 6.54 Å². The summed E-state index contributed by atoms with van der Waals surface area (Å²) in [6, 6.07) is 8.31. The van der Waals surface area contributed by atoms with Crippen LogP contribution in [0.25, 0.3) is 10.2 Å². The molecule has 0 saturated heterocycles. The van der Waals surface area contributed by atoms with E-state index in [2.05, 4.69) is 56.2 Å². The van der Waals surface area contributed by atoms with Gasteiger partial charge in [0.2, 0.25) is 0 Å². The molecule has 0 amide bonds. The zero-order valence-electron chi connectivity index (χ0n) is 11.4. The van der Waals surface area contributed by atoms with Crippen molar-refractivity contribution in [2.24, 2.45) is 16.7 Å². The lowest BCUT2D eigenvalue weighted by Gasteiger charge is -2.04. The summed E-state index contributed by atoms with van der Waals surface area (Å²) in [5, 5.41) is 4.57. The van der Waals surface area contributed by atoms with Crippen molar-refractivity contribution in [3.05, 3.63) is 24.3 Å². The van der Waals surface area contributed by atoms with Crippen LogP contribution < -0.4 is 5.32 Å². The number of aromatic nitrogens is 1. The third-order valence-electron chi connectivity index (χ3n) is 5.07. The summed E-state index contributed by atoms with van der Waals surface area (Å²) in [4.78, 5) is 4.62. The Balaban J connectivity index is 1.71. The lowest BCUT2D eigenvalue weighted by Crippen LogP contribution is -2.07. The lowest BCUT2D eigenvalue weighted by molar-refractivity contribution is 0.457. The predicted molar refractivity (Wildman–Crippen MR) is 79.2 cm³/mol. The fourth-order valence-corrected chi connectivity index (χ4v) is 3.85. The van der Waals surface area contributed by atoms with Crippen molar-refractivity contribution in [1.82, 2.24) is 4.98 Å². The number of hydrogen-bond donors (Lipinski definition) is 1. The van der Waals surface area contributed by atoms with Crippen molar-refractivity contribution in [2.75, 3.05) is 11.9 Å². The summed E-state index contributed by atoms with van der Waals surface area (Å²) in [5.41, 5.74) is 1.98. The van der Waals surface area contributed by atoms with Crippen LogP contribution in [0.5, 0.6) is 0 Å². The van der Waals surface area contributed by atoms with Crippen molar-refractivity contribution < 1.29 is 0 Å². The number of benzene rings is 1. The van der Waals surface area contributed by atoms with Crippen LogP contribution in [0.2, 0.25) is 0 Å². The normalized spacial score (nSPS) is 21.1. The van der Waals surface area contributed by atoms with E-state index in [9.17, 15) is 0 Å². The van der Waals surface area contributed by atoms with Crippen LogP contribution in [0.3, 0.4) is 0 Å². The molecule has 1 aliphatic rings. The fraction of sp³-hybridized carbons (Fsp3) is 0.533. The highest BCUT2D eigenvalue weighted by atomic mass is 32.1. The molecule has 1 fully saturated rings. The lowest BCUT2D eigenvalue weighted by atomic mass is 10.0. The molecule has 0 spiro atoms. The standard InChI is InChI=1S/C15H20N2S/c1-14(2)12(15(14,3)4)9-16-13-17-10-7-5-6-8-11(10)18-13/h5-8,12H,9H2,1-4H3,(H,16,17). The molecule has 1 heterocycles. The largest absolute Gasteiger partial charge is 0.361 e. The zero-order valence-corrected chi connectivity index (χ0v) is 12.3. The van der Waals surface area contributed by atoms with Crippen LogP contribution in [0, 0.1) is 16.7 Å². The van der Waals surface area contributed by atoms with Crippen LogP contribution in [-0.2, 0) is 0 Å². The number of hydrogen-bond acceptors (Lipinski definition) is 3. The van der Waals surface area contributed by atoms with E-state index >= 15 is 0 Å². The van der Waals surface area contributed by atoms with E-state index in [-0.39, 0.29) is 0 Å². The van der Waals surface area contributed by atoms with Gasteiger partial charge in [-0.3, -0.25) is 0 Å². The highest BCUT2D eigenvalue weighted by Gasteiger charge is 2.64. The minimum absolute atomic E-state index is 0.441. The van der Waals surface area contributed by atoms with Gasteiger partial charge in [-0.15, -0.1) is 0 Å². The molecular formula is C15H20N2S. The van der Waals surface area contributed by atoms with E-state index in [1.165, 1.54) is 4.70 Å². The molecule has 1 aromatic heterocycles. The second-order valence-corrected chi connectivity index (χ2v) is 7.39. The first-order valence-electron chi connectivity index (χ1n) is 6.52. The van der Waals surface area contributed by atoms with Crippen molar-refractivity contribution in [3.8, 4) is 0 Å². The fourth-order valence-electron chi connectivity index (χ4n) is 2.98. The van der Waals surface area contributed by atoms with Gasteiger partial charge in [0.15, 0.2) is 5.13 Å². The Bertz CT molecular complexity index is 536. The summed E-state index contributed by atoms with van der Waals surface area (Å²) >= 11 is 1.75. The third kappa shape index (κ3) is 1.64. The molecule has 1 aromatic carbocycles. The average molecular weight is 260 g/mol. The zero-order chi connectivity index (χ0) is 13.0. The van der Waals surface area contributed by atoms with E-state index in [0.717, 1.165) is 23.1 Å². The quantitative estimate of drug-likeness (QED) is 0.885. The van der Waals surface area contributed by atoms with E-state index in [4.69, 9.17) is 0 Å². The molecule has 18 heavy (non-hydrogen) atoms. The molecule has 0 radical (unpaired) electrons. The average Bonchev–Trinajstić information content (AvgIpc) is 2.66. The van der Waals surface area contributed by atoms with Crippen LogP contribution in [0.4, 0.5) is 5.13 Å². The number of nitrogens with zero attached hydrogens (tertiary/aromatic N) is 1. The summed E-state index contributed by atoms with van der Waals surface area (Å²) < 4.78 is 1.26. The van der Waals surface area contributed by atoms with Gasteiger partial charge in [0.1, 0.15) is 0 Å². The number of para-hydroxylation sites is 1. The maximum absolute atomic E-state index is 4.62. The molecule has 0 unspecified atom stereocenters. The molecule has 0 aliphatic heterocycles. The second-order valence-electron chi connectivity index (χ2n) is 6.36. The molecule has 2 aromatic rings. The van der Waals surface area contributed by atoms with Crippen molar-refractivity contribution in [1.29, 1.82) is 0 Å². The van der Waals surface area contributed by atoms with Gasteiger partial charge >= 0.3 is 0 Å². The van der Waals surface area contributed by atoms with Gasteiger partial charge in [0.25, 0.3) is 0 Å². The van der Waals surface area contributed by atoms with Crippen LogP contribution in [0.15, 0.2) is 24.3 Å². The van der Waals surface area contributed by atoms with Gasteiger partial charge in [0.05, 0.1) is 10.2 Å². The Labute approximate surface area is 112 Å². The summed E-state index contributed by atoms with van der Waals surface area (Å²) in [6.07, 6.45) is 0. The van der Waals surface area contributed by atoms with E-state index in [1.54, 1.807) is 11.3 Å². The number of fused-ring (bicyclic) bond motifs is 1. The van der Waals surface area contributed by atoms with Gasteiger partial charge in [-0.2, -0.15) is 0 Å². The Kier molecular flexibility index (Phi) is 2.46. The Morgan fingerprint density at radius 3 is 2.44 bits per heavy atom. The first kappa shape index (κ1) is 12.0. The summed E-state index contributed by atoms with van der Waals surface area (Å²) in [6.45, 7) is 10.5. The molecule has 96 valence electrons. The number of thiazole rings is 1. The molecule has 3 rings (SSSR count). The molecular weight excluding hydrogens is 240 g/mol. The van der Waals surface area contributed by atoms with Gasteiger partial charge in [-0.1, -0.05) is 51.2 Å². The summed E-state index contributed by atoms with van der Waals surface area (Å²) in [5.74, 6) is 0.733. The van der Waals surface area contributed by atoms with Crippen molar-refractivity contribution >= 4 is 26.7 Å². The highest BCUT2D eigenvalue weighted by molar-refractivity contribution is 7.22. The van der Waals surface area contributed by atoms with Crippen LogP contribution in [0.1, 0.15) is 27.7 Å². The maximum Gasteiger partial charge on any atom is 0.183 e. The second kappa shape index (κ2) is 3.70. The van der Waals surface area contributed by atoms with E-state index in [1.807, 2.05) is 6.07 Å². The minimum atomic E-state index is 0.441. The Morgan fingerprint density at radius 1 is 1.17 bits per heavy atom. The molecule has 2 nitrogen and oxygen atoms in total. The monoisotopic (exact) mass is 260 g/mol. The topological polar surface area (TPSA) is 24.9 Å².